The van der Waals surface area contributed by atoms with Gasteiger partial charge in [-0.15, -0.1) is 0 Å². The molecule has 3 N–H and O–H groups in total. The molecular weight excluding hydrogens is 217 g/mol. The maximum absolute atomic E-state index is 13.7. The van der Waals surface area contributed by atoms with E-state index in [-0.39, 0.29) is 10.8 Å². The molecule has 1 aromatic carbocycles. The van der Waals surface area contributed by atoms with Crippen molar-refractivity contribution >= 4 is 11.6 Å². The third kappa shape index (κ3) is 1.50. The predicted octanol–water partition coefficient (Wildman–Crippen LogP) is 2.57. The second-order valence-corrected chi connectivity index (χ2v) is 4.50. The molecule has 0 unspecified atom stereocenters. The van der Waals surface area contributed by atoms with E-state index in [0.29, 0.717) is 12.1 Å². The smallest absolute Gasteiger partial charge is 0.140 e. The Labute approximate surface area is 92.9 Å². The maximum Gasteiger partial charge on any atom is 0.140 e. The summed E-state index contributed by atoms with van der Waals surface area (Å²) in [5.41, 5.74) is 5.56. The van der Waals surface area contributed by atoms with Crippen LogP contribution in [-0.4, -0.2) is 11.7 Å². The van der Waals surface area contributed by atoms with E-state index in [1.807, 2.05) is 0 Å². The van der Waals surface area contributed by atoms with E-state index >= 15 is 0 Å². The van der Waals surface area contributed by atoms with Gasteiger partial charge in [0.1, 0.15) is 11.6 Å². The van der Waals surface area contributed by atoms with Crippen molar-refractivity contribution in [2.45, 2.75) is 24.7 Å². The molecule has 1 saturated carbocycles. The number of aromatic hydroxyl groups is 1. The van der Waals surface area contributed by atoms with Crippen molar-refractivity contribution in [2.75, 3.05) is 6.54 Å². The number of nitrogens with two attached hydrogens (primary N) is 1. The molecule has 2 rings (SSSR count). The Kier molecular flexibility index (Phi) is 2.61. The van der Waals surface area contributed by atoms with Crippen LogP contribution >= 0.6 is 11.6 Å². The van der Waals surface area contributed by atoms with Crippen LogP contribution in [0, 0.1) is 5.82 Å². The molecule has 0 atom stereocenters. The Morgan fingerprint density at radius 3 is 2.60 bits per heavy atom. The highest BCUT2D eigenvalue weighted by Crippen LogP contribution is 2.48. The molecule has 0 bridgehead atoms. The van der Waals surface area contributed by atoms with Gasteiger partial charge in [0.05, 0.1) is 5.02 Å². The third-order valence-corrected chi connectivity index (χ3v) is 3.61. The number of benzene rings is 1. The number of rotatable bonds is 2. The Bertz CT molecular complexity index is 385. The van der Waals surface area contributed by atoms with Gasteiger partial charge in [-0.3, -0.25) is 0 Å². The summed E-state index contributed by atoms with van der Waals surface area (Å²) in [6.45, 7) is 0.345. The van der Waals surface area contributed by atoms with Gasteiger partial charge in [-0.2, -0.15) is 0 Å². The average molecular weight is 230 g/mol. The second-order valence-electron chi connectivity index (χ2n) is 4.09. The second kappa shape index (κ2) is 3.65. The van der Waals surface area contributed by atoms with E-state index in [4.69, 9.17) is 17.3 Å². The molecule has 0 amide bonds. The first-order valence-corrected chi connectivity index (χ1v) is 5.36. The molecule has 1 aliphatic carbocycles. The van der Waals surface area contributed by atoms with Crippen LogP contribution in [0.4, 0.5) is 4.39 Å². The number of phenolic OH excluding ortho intramolecular Hbond substituents is 1. The third-order valence-electron chi connectivity index (χ3n) is 3.31. The fourth-order valence-corrected chi connectivity index (χ4v) is 2.36. The minimum absolute atomic E-state index is 0.151. The van der Waals surface area contributed by atoms with Crippen molar-refractivity contribution in [3.63, 3.8) is 0 Å². The van der Waals surface area contributed by atoms with Crippen molar-refractivity contribution in [3.05, 3.63) is 28.5 Å². The van der Waals surface area contributed by atoms with Crippen molar-refractivity contribution < 1.29 is 9.50 Å². The molecule has 1 aromatic rings. The topological polar surface area (TPSA) is 46.2 Å². The average Bonchev–Trinajstić information content (AvgIpc) is 2.16. The molecule has 0 heterocycles. The lowest BCUT2D eigenvalue weighted by atomic mass is 9.64. The summed E-state index contributed by atoms with van der Waals surface area (Å²) in [6, 6.07) is 2.64. The van der Waals surface area contributed by atoms with Gasteiger partial charge in [0, 0.05) is 17.5 Å². The van der Waals surface area contributed by atoms with E-state index in [2.05, 4.69) is 0 Å². The molecule has 1 fully saturated rings. The van der Waals surface area contributed by atoms with Gasteiger partial charge in [0.2, 0.25) is 0 Å². The van der Waals surface area contributed by atoms with Gasteiger partial charge in [-0.25, -0.2) is 4.39 Å². The summed E-state index contributed by atoms with van der Waals surface area (Å²) in [5, 5.41) is 9.97. The van der Waals surface area contributed by atoms with Crippen LogP contribution in [0.1, 0.15) is 24.8 Å². The molecule has 0 spiro atoms. The summed E-state index contributed by atoms with van der Waals surface area (Å²) in [6.07, 6.45) is 2.64. The maximum atomic E-state index is 13.7. The van der Waals surface area contributed by atoms with Crippen molar-refractivity contribution in [2.24, 2.45) is 5.73 Å². The highest BCUT2D eigenvalue weighted by Gasteiger charge is 2.41. The van der Waals surface area contributed by atoms with Crippen LogP contribution in [0.2, 0.25) is 5.02 Å². The molecule has 1 aliphatic rings. The number of halogens is 2. The first kappa shape index (κ1) is 10.7. The van der Waals surface area contributed by atoms with E-state index in [1.165, 1.54) is 12.1 Å². The normalized spacial score (nSPS) is 18.6. The van der Waals surface area contributed by atoms with Crippen LogP contribution in [0.15, 0.2) is 12.1 Å². The number of phenols is 1. The van der Waals surface area contributed by atoms with Crippen molar-refractivity contribution in [1.82, 2.24) is 0 Å². The zero-order chi connectivity index (χ0) is 11.1. The van der Waals surface area contributed by atoms with Gasteiger partial charge >= 0.3 is 0 Å². The first-order chi connectivity index (χ1) is 7.10. The van der Waals surface area contributed by atoms with Gasteiger partial charge in [0.15, 0.2) is 0 Å². The molecule has 0 aromatic heterocycles. The summed E-state index contributed by atoms with van der Waals surface area (Å²) < 4.78 is 13.7. The highest BCUT2D eigenvalue weighted by molar-refractivity contribution is 6.32. The van der Waals surface area contributed by atoms with Crippen LogP contribution in [-0.2, 0) is 5.41 Å². The molecule has 15 heavy (non-hydrogen) atoms. The minimum atomic E-state index is -0.415. The lowest BCUT2D eigenvalue weighted by Crippen LogP contribution is -2.42. The zero-order valence-electron chi connectivity index (χ0n) is 8.26. The fraction of sp³-hybridized carbons (Fsp3) is 0.455. The van der Waals surface area contributed by atoms with Gasteiger partial charge in [-0.1, -0.05) is 18.0 Å². The van der Waals surface area contributed by atoms with E-state index in [0.717, 1.165) is 19.3 Å². The van der Waals surface area contributed by atoms with E-state index in [9.17, 15) is 9.50 Å². The molecule has 82 valence electrons. The van der Waals surface area contributed by atoms with Crippen molar-refractivity contribution in [1.29, 1.82) is 0 Å². The van der Waals surface area contributed by atoms with Crippen LogP contribution in [0.3, 0.4) is 0 Å². The van der Waals surface area contributed by atoms with Crippen molar-refractivity contribution in [3.8, 4) is 5.75 Å². The molecule has 0 aliphatic heterocycles. The van der Waals surface area contributed by atoms with Gasteiger partial charge in [-0.05, 0) is 25.0 Å². The van der Waals surface area contributed by atoms with Gasteiger partial charge in [0.25, 0.3) is 0 Å². The standard InChI is InChI=1S/C11H13ClFNO/c12-7-2-3-8(13)9(10(7)15)11(6-14)4-1-5-11/h2-3,15H,1,4-6,14H2. The zero-order valence-corrected chi connectivity index (χ0v) is 9.02. The predicted molar refractivity (Wildman–Crippen MR) is 57.7 cm³/mol. The summed E-state index contributed by atoms with van der Waals surface area (Å²) in [5.74, 6) is -0.566. The summed E-state index contributed by atoms with van der Waals surface area (Å²) >= 11 is 5.77. The molecule has 4 heteroatoms. The van der Waals surface area contributed by atoms with E-state index < -0.39 is 11.2 Å². The largest absolute Gasteiger partial charge is 0.506 e. The lowest BCUT2D eigenvalue weighted by molar-refractivity contribution is 0.236. The van der Waals surface area contributed by atoms with Gasteiger partial charge < -0.3 is 10.8 Å². The fourth-order valence-electron chi connectivity index (χ4n) is 2.21. The van der Waals surface area contributed by atoms with E-state index in [1.54, 1.807) is 0 Å². The molecular formula is C11H13ClFNO. The highest BCUT2D eigenvalue weighted by atomic mass is 35.5. The molecule has 0 radical (unpaired) electrons. The Hall–Kier alpha value is -0.800. The summed E-state index contributed by atoms with van der Waals surface area (Å²) in [7, 11) is 0. The monoisotopic (exact) mass is 229 g/mol. The van der Waals surface area contributed by atoms with Crippen LogP contribution < -0.4 is 5.73 Å². The summed E-state index contributed by atoms with van der Waals surface area (Å²) in [4.78, 5) is 0. The Balaban J connectivity index is 2.55. The lowest BCUT2D eigenvalue weighted by Gasteiger charge is -2.41. The SMILES string of the molecule is NCC1(c2c(F)ccc(Cl)c2O)CCC1. The first-order valence-electron chi connectivity index (χ1n) is 4.98. The molecule has 2 nitrogen and oxygen atoms in total. The van der Waals surface area contributed by atoms with Crippen LogP contribution in [0.25, 0.3) is 0 Å². The minimum Gasteiger partial charge on any atom is -0.506 e. The Morgan fingerprint density at radius 2 is 2.13 bits per heavy atom. The quantitative estimate of drug-likeness (QED) is 0.819. The number of hydrogen-bond donors (Lipinski definition) is 2. The number of hydrogen-bond acceptors (Lipinski definition) is 2. The Morgan fingerprint density at radius 1 is 1.47 bits per heavy atom. The molecule has 0 saturated heterocycles. The van der Waals surface area contributed by atoms with Crippen LogP contribution in [0.5, 0.6) is 5.75 Å².